The molecule has 1 aromatic rings. The molecular weight excluding hydrogens is 336 g/mol. The Hall–Kier alpha value is -1.06. The molecule has 0 aliphatic rings. The molecule has 0 spiro atoms. The summed E-state index contributed by atoms with van der Waals surface area (Å²) in [6.07, 6.45) is 17.3. The third-order valence-corrected chi connectivity index (χ3v) is 5.23. The number of aryl methyl sites for hydroxylation is 1. The summed E-state index contributed by atoms with van der Waals surface area (Å²) < 4.78 is 11.0. The lowest BCUT2D eigenvalue weighted by atomic mass is 10.0. The van der Waals surface area contributed by atoms with Crippen LogP contribution in [-0.4, -0.2) is 31.5 Å². The van der Waals surface area contributed by atoms with Gasteiger partial charge in [0.25, 0.3) is 0 Å². The van der Waals surface area contributed by atoms with Gasteiger partial charge in [-0.05, 0) is 24.5 Å². The van der Waals surface area contributed by atoms with E-state index in [9.17, 15) is 5.11 Å². The van der Waals surface area contributed by atoms with Crippen LogP contribution in [0.2, 0.25) is 0 Å². The van der Waals surface area contributed by atoms with Crippen molar-refractivity contribution in [2.75, 3.05) is 20.3 Å². The van der Waals surface area contributed by atoms with Gasteiger partial charge in [0.05, 0.1) is 6.61 Å². The van der Waals surface area contributed by atoms with Crippen molar-refractivity contribution in [3.8, 4) is 5.75 Å². The van der Waals surface area contributed by atoms with Gasteiger partial charge < -0.3 is 14.6 Å². The summed E-state index contributed by atoms with van der Waals surface area (Å²) in [4.78, 5) is 0. The minimum absolute atomic E-state index is 0.0165. The molecule has 1 atom stereocenters. The zero-order valence-corrected chi connectivity index (χ0v) is 17.8. The highest BCUT2D eigenvalue weighted by Crippen LogP contribution is 2.21. The van der Waals surface area contributed by atoms with E-state index in [-0.39, 0.29) is 12.7 Å². The Kier molecular flexibility index (Phi) is 15.2. The molecule has 0 saturated heterocycles. The van der Waals surface area contributed by atoms with Crippen LogP contribution in [0.15, 0.2) is 24.3 Å². The minimum Gasteiger partial charge on any atom is -0.491 e. The Labute approximate surface area is 167 Å². The number of hydrogen-bond acceptors (Lipinski definition) is 3. The second-order valence-corrected chi connectivity index (χ2v) is 7.60. The molecule has 0 aromatic heterocycles. The molecule has 0 aliphatic carbocycles. The summed E-state index contributed by atoms with van der Waals surface area (Å²) in [5, 5.41) is 9.19. The van der Waals surface area contributed by atoms with Crippen molar-refractivity contribution in [2.24, 2.45) is 0 Å². The molecule has 1 N–H and O–H groups in total. The summed E-state index contributed by atoms with van der Waals surface area (Å²) in [5.74, 6) is 0.927. The molecule has 3 heteroatoms. The zero-order valence-electron chi connectivity index (χ0n) is 17.8. The van der Waals surface area contributed by atoms with Crippen LogP contribution in [0, 0.1) is 0 Å². The normalized spacial score (nSPS) is 12.3. The van der Waals surface area contributed by atoms with Crippen molar-refractivity contribution in [1.82, 2.24) is 0 Å². The van der Waals surface area contributed by atoms with Crippen molar-refractivity contribution >= 4 is 0 Å². The summed E-state index contributed by atoms with van der Waals surface area (Å²) in [6, 6.07) is 8.24. The molecule has 3 nitrogen and oxygen atoms in total. The van der Waals surface area contributed by atoms with E-state index in [4.69, 9.17) is 9.47 Å². The van der Waals surface area contributed by atoms with Gasteiger partial charge in [-0.2, -0.15) is 0 Å². The first-order valence-electron chi connectivity index (χ1n) is 11.2. The average Bonchev–Trinajstić information content (AvgIpc) is 2.70. The van der Waals surface area contributed by atoms with E-state index in [0.29, 0.717) is 6.61 Å². The largest absolute Gasteiger partial charge is 0.491 e. The van der Waals surface area contributed by atoms with E-state index in [1.165, 1.54) is 82.6 Å². The molecule has 1 rings (SSSR count). The lowest BCUT2D eigenvalue weighted by Crippen LogP contribution is -2.24. The molecule has 156 valence electrons. The monoisotopic (exact) mass is 378 g/mol. The van der Waals surface area contributed by atoms with Crippen LogP contribution in [0.5, 0.6) is 5.75 Å². The van der Waals surface area contributed by atoms with Gasteiger partial charge in [-0.25, -0.2) is 0 Å². The first kappa shape index (κ1) is 24.0. The quantitative estimate of drug-likeness (QED) is 0.304. The van der Waals surface area contributed by atoms with Crippen molar-refractivity contribution in [2.45, 2.75) is 96.5 Å². The van der Waals surface area contributed by atoms with Gasteiger partial charge in [0.2, 0.25) is 0 Å². The highest BCUT2D eigenvalue weighted by Gasteiger charge is 2.08. The number of para-hydroxylation sites is 1. The third-order valence-electron chi connectivity index (χ3n) is 5.23. The number of unbranched alkanes of at least 4 members (excludes halogenated alkanes) is 11. The number of aliphatic hydroxyl groups excluding tert-OH is 1. The van der Waals surface area contributed by atoms with Crippen molar-refractivity contribution in [3.05, 3.63) is 29.8 Å². The fourth-order valence-electron chi connectivity index (χ4n) is 3.39. The molecule has 0 bridgehead atoms. The van der Waals surface area contributed by atoms with E-state index in [1.54, 1.807) is 7.11 Å². The number of methoxy groups -OCH3 is 1. The Morgan fingerprint density at radius 1 is 0.815 bits per heavy atom. The molecule has 0 saturated carbocycles. The number of benzene rings is 1. The van der Waals surface area contributed by atoms with Crippen LogP contribution in [0.25, 0.3) is 0 Å². The second-order valence-electron chi connectivity index (χ2n) is 7.60. The standard InChI is InChI=1S/C24H42O3/c1-3-4-5-6-7-8-9-10-11-12-13-14-17-22-18-15-16-19-24(22)27-21-23(20-25)26-2/h15-16,18-19,23,25H,3-14,17,20-21H2,1-2H3. The van der Waals surface area contributed by atoms with E-state index in [2.05, 4.69) is 19.1 Å². The number of ether oxygens (including phenoxy) is 2. The molecule has 27 heavy (non-hydrogen) atoms. The summed E-state index contributed by atoms with van der Waals surface area (Å²) in [5.41, 5.74) is 1.26. The van der Waals surface area contributed by atoms with Gasteiger partial charge >= 0.3 is 0 Å². The molecular formula is C24H42O3. The topological polar surface area (TPSA) is 38.7 Å². The first-order chi connectivity index (χ1) is 13.3. The third kappa shape index (κ3) is 12.1. The summed E-state index contributed by atoms with van der Waals surface area (Å²) in [7, 11) is 1.60. The summed E-state index contributed by atoms with van der Waals surface area (Å²) in [6.45, 7) is 2.65. The summed E-state index contributed by atoms with van der Waals surface area (Å²) >= 11 is 0. The number of aliphatic hydroxyl groups is 1. The molecule has 0 fully saturated rings. The maximum atomic E-state index is 9.19. The Balaban J connectivity index is 2.08. The first-order valence-corrected chi connectivity index (χ1v) is 11.2. The van der Waals surface area contributed by atoms with Crippen LogP contribution in [0.3, 0.4) is 0 Å². The van der Waals surface area contributed by atoms with E-state index < -0.39 is 0 Å². The highest BCUT2D eigenvalue weighted by molar-refractivity contribution is 5.33. The van der Waals surface area contributed by atoms with Gasteiger partial charge in [-0.1, -0.05) is 95.8 Å². The van der Waals surface area contributed by atoms with Crippen LogP contribution < -0.4 is 4.74 Å². The van der Waals surface area contributed by atoms with E-state index >= 15 is 0 Å². The average molecular weight is 379 g/mol. The molecule has 0 amide bonds. The number of rotatable bonds is 18. The Morgan fingerprint density at radius 2 is 1.37 bits per heavy atom. The van der Waals surface area contributed by atoms with Crippen LogP contribution >= 0.6 is 0 Å². The van der Waals surface area contributed by atoms with Gasteiger partial charge in [0.15, 0.2) is 0 Å². The molecule has 0 aliphatic heterocycles. The van der Waals surface area contributed by atoms with Crippen molar-refractivity contribution in [1.29, 1.82) is 0 Å². The van der Waals surface area contributed by atoms with Gasteiger partial charge in [-0.3, -0.25) is 0 Å². The lowest BCUT2D eigenvalue weighted by Gasteiger charge is -2.16. The molecule has 0 heterocycles. The van der Waals surface area contributed by atoms with Crippen LogP contribution in [0.4, 0.5) is 0 Å². The lowest BCUT2D eigenvalue weighted by molar-refractivity contribution is 0.0162. The number of hydrogen-bond donors (Lipinski definition) is 1. The minimum atomic E-state index is -0.260. The Bertz CT molecular complexity index is 443. The van der Waals surface area contributed by atoms with Crippen molar-refractivity contribution < 1.29 is 14.6 Å². The SMILES string of the molecule is CCCCCCCCCCCCCCc1ccccc1OCC(CO)OC. The van der Waals surface area contributed by atoms with Crippen molar-refractivity contribution in [3.63, 3.8) is 0 Å². The van der Waals surface area contributed by atoms with Gasteiger partial charge in [0, 0.05) is 7.11 Å². The second kappa shape index (κ2) is 17.1. The van der Waals surface area contributed by atoms with Crippen LogP contribution in [-0.2, 0) is 11.2 Å². The van der Waals surface area contributed by atoms with Crippen LogP contribution in [0.1, 0.15) is 89.5 Å². The fraction of sp³-hybridized carbons (Fsp3) is 0.750. The maximum Gasteiger partial charge on any atom is 0.122 e. The predicted octanol–water partition coefficient (Wildman–Crippen LogP) is 6.32. The molecule has 1 unspecified atom stereocenters. The molecule has 1 aromatic carbocycles. The Morgan fingerprint density at radius 3 is 1.93 bits per heavy atom. The fourth-order valence-corrected chi connectivity index (χ4v) is 3.39. The zero-order chi connectivity index (χ0) is 19.6. The molecule has 0 radical (unpaired) electrons. The van der Waals surface area contributed by atoms with Gasteiger partial charge in [-0.15, -0.1) is 0 Å². The van der Waals surface area contributed by atoms with E-state index in [0.717, 1.165) is 12.2 Å². The van der Waals surface area contributed by atoms with Gasteiger partial charge in [0.1, 0.15) is 18.5 Å². The van der Waals surface area contributed by atoms with E-state index in [1.807, 2.05) is 12.1 Å². The maximum absolute atomic E-state index is 9.19. The predicted molar refractivity (Wildman–Crippen MR) is 115 cm³/mol. The smallest absolute Gasteiger partial charge is 0.122 e. The highest BCUT2D eigenvalue weighted by atomic mass is 16.5.